The van der Waals surface area contributed by atoms with Crippen molar-refractivity contribution in [2.75, 3.05) is 5.32 Å². The molecule has 6 nitrogen and oxygen atoms in total. The highest BCUT2D eigenvalue weighted by Crippen LogP contribution is 2.04. The number of aromatic nitrogens is 4. The molecule has 6 heteroatoms. The van der Waals surface area contributed by atoms with Gasteiger partial charge >= 0.3 is 0 Å². The lowest BCUT2D eigenvalue weighted by molar-refractivity contribution is 0.102. The minimum absolute atomic E-state index is 0.230. The highest BCUT2D eigenvalue weighted by atomic mass is 16.1. The van der Waals surface area contributed by atoms with Gasteiger partial charge in [0.1, 0.15) is 0 Å². The molecule has 0 radical (unpaired) electrons. The summed E-state index contributed by atoms with van der Waals surface area (Å²) in [6.07, 6.45) is 5.94. The Balaban J connectivity index is 2.10. The fourth-order valence-corrected chi connectivity index (χ4v) is 0.943. The topological polar surface area (TPSA) is 83.6 Å². The fourth-order valence-electron chi connectivity index (χ4n) is 0.943. The number of carbonyl (C=O) groups excluding carboxylic acids is 1. The number of amides is 1. The van der Waals surface area contributed by atoms with Gasteiger partial charge in [0.2, 0.25) is 0 Å². The Morgan fingerprint density at radius 3 is 2.93 bits per heavy atom. The Morgan fingerprint density at radius 1 is 1.36 bits per heavy atom. The maximum Gasteiger partial charge on any atom is 0.258 e. The fraction of sp³-hybridized carbons (Fsp3) is 0. The number of anilines is 1. The van der Waals surface area contributed by atoms with Crippen molar-refractivity contribution >= 4 is 11.6 Å². The molecule has 0 spiro atoms. The lowest BCUT2D eigenvalue weighted by Crippen LogP contribution is -2.11. The standard InChI is InChI=1S/C8H7N5O/c14-8(6-3-10-11-4-6)13-7-1-2-9-12-5-7/h1-5H,(H,10,11)(H,9,13,14). The van der Waals surface area contributed by atoms with E-state index in [4.69, 9.17) is 0 Å². The molecule has 0 aliphatic rings. The maximum absolute atomic E-state index is 11.5. The number of hydrogen-bond donors (Lipinski definition) is 2. The monoisotopic (exact) mass is 189 g/mol. The number of hydrogen-bond acceptors (Lipinski definition) is 4. The molecular weight excluding hydrogens is 182 g/mol. The van der Waals surface area contributed by atoms with Gasteiger partial charge < -0.3 is 5.32 Å². The van der Waals surface area contributed by atoms with Crippen LogP contribution in [0.25, 0.3) is 0 Å². The number of rotatable bonds is 2. The van der Waals surface area contributed by atoms with E-state index in [1.165, 1.54) is 24.8 Å². The summed E-state index contributed by atoms with van der Waals surface area (Å²) < 4.78 is 0. The van der Waals surface area contributed by atoms with E-state index < -0.39 is 0 Å². The van der Waals surface area contributed by atoms with Gasteiger partial charge in [0.25, 0.3) is 5.91 Å². The lowest BCUT2D eigenvalue weighted by atomic mass is 10.3. The smallest absolute Gasteiger partial charge is 0.258 e. The molecule has 0 saturated carbocycles. The van der Waals surface area contributed by atoms with Crippen molar-refractivity contribution in [3.05, 3.63) is 36.4 Å². The third-order valence-electron chi connectivity index (χ3n) is 1.60. The third-order valence-corrected chi connectivity index (χ3v) is 1.60. The third kappa shape index (κ3) is 1.74. The normalized spacial score (nSPS) is 9.71. The second kappa shape index (κ2) is 3.65. The first-order valence-electron chi connectivity index (χ1n) is 3.93. The highest BCUT2D eigenvalue weighted by molar-refractivity contribution is 6.03. The van der Waals surface area contributed by atoms with Gasteiger partial charge in [0.05, 0.1) is 29.8 Å². The molecule has 70 valence electrons. The molecule has 0 aliphatic carbocycles. The van der Waals surface area contributed by atoms with Gasteiger partial charge in [-0.05, 0) is 6.07 Å². The Kier molecular flexibility index (Phi) is 2.18. The van der Waals surface area contributed by atoms with Crippen molar-refractivity contribution in [2.24, 2.45) is 0 Å². The highest BCUT2D eigenvalue weighted by Gasteiger charge is 2.06. The minimum atomic E-state index is -0.230. The van der Waals surface area contributed by atoms with Gasteiger partial charge in [-0.3, -0.25) is 9.89 Å². The van der Waals surface area contributed by atoms with Crippen LogP contribution < -0.4 is 5.32 Å². The SMILES string of the molecule is O=C(Nc1ccnnc1)c1cn[nH]c1. The minimum Gasteiger partial charge on any atom is -0.320 e. The van der Waals surface area contributed by atoms with E-state index >= 15 is 0 Å². The van der Waals surface area contributed by atoms with Gasteiger partial charge in [0.15, 0.2) is 0 Å². The Morgan fingerprint density at radius 2 is 2.29 bits per heavy atom. The molecule has 0 aromatic carbocycles. The van der Waals surface area contributed by atoms with Gasteiger partial charge in [-0.2, -0.15) is 15.3 Å². The zero-order valence-corrected chi connectivity index (χ0v) is 7.14. The number of nitrogens with one attached hydrogen (secondary N) is 2. The molecule has 1 amide bonds. The van der Waals surface area contributed by atoms with Crippen LogP contribution in [0.15, 0.2) is 30.9 Å². The van der Waals surface area contributed by atoms with Crippen LogP contribution in [0, 0.1) is 0 Å². The van der Waals surface area contributed by atoms with Crippen LogP contribution in [0.1, 0.15) is 10.4 Å². The second-order valence-corrected chi connectivity index (χ2v) is 2.57. The summed E-state index contributed by atoms with van der Waals surface area (Å²) >= 11 is 0. The molecular formula is C8H7N5O. The molecule has 0 fully saturated rings. The summed E-state index contributed by atoms with van der Waals surface area (Å²) in [5, 5.41) is 16.1. The lowest BCUT2D eigenvalue weighted by Gasteiger charge is -2.00. The first-order valence-corrected chi connectivity index (χ1v) is 3.93. The van der Waals surface area contributed by atoms with Crippen LogP contribution in [-0.2, 0) is 0 Å². The van der Waals surface area contributed by atoms with E-state index in [2.05, 4.69) is 25.7 Å². The molecule has 0 bridgehead atoms. The van der Waals surface area contributed by atoms with Gasteiger partial charge in [-0.15, -0.1) is 0 Å². The van der Waals surface area contributed by atoms with Crippen molar-refractivity contribution < 1.29 is 4.79 Å². The Labute approximate surface area is 79.4 Å². The summed E-state index contributed by atoms with van der Waals surface area (Å²) in [5.41, 5.74) is 1.08. The zero-order chi connectivity index (χ0) is 9.80. The molecule has 0 unspecified atom stereocenters. The summed E-state index contributed by atoms with van der Waals surface area (Å²) in [7, 11) is 0. The predicted octanol–water partition coefficient (Wildman–Crippen LogP) is 0.452. The average molecular weight is 189 g/mol. The molecule has 2 heterocycles. The van der Waals surface area contributed by atoms with E-state index in [9.17, 15) is 4.79 Å². The first kappa shape index (κ1) is 8.36. The second-order valence-electron chi connectivity index (χ2n) is 2.57. The Hall–Kier alpha value is -2.24. The van der Waals surface area contributed by atoms with Crippen molar-refractivity contribution in [3.63, 3.8) is 0 Å². The quantitative estimate of drug-likeness (QED) is 0.718. The summed E-state index contributed by atoms with van der Waals surface area (Å²) in [4.78, 5) is 11.5. The van der Waals surface area contributed by atoms with E-state index in [0.717, 1.165) is 0 Å². The van der Waals surface area contributed by atoms with Crippen molar-refractivity contribution in [1.82, 2.24) is 20.4 Å². The van der Waals surface area contributed by atoms with Crippen molar-refractivity contribution in [3.8, 4) is 0 Å². The molecule has 0 saturated heterocycles. The largest absolute Gasteiger partial charge is 0.320 e. The molecule has 0 aliphatic heterocycles. The molecule has 2 aromatic rings. The van der Waals surface area contributed by atoms with E-state index in [-0.39, 0.29) is 5.91 Å². The first-order chi connectivity index (χ1) is 6.86. The molecule has 0 atom stereocenters. The summed E-state index contributed by atoms with van der Waals surface area (Å²) in [5.74, 6) is -0.230. The van der Waals surface area contributed by atoms with Crippen LogP contribution in [0.4, 0.5) is 5.69 Å². The number of aromatic amines is 1. The maximum atomic E-state index is 11.5. The van der Waals surface area contributed by atoms with Gasteiger partial charge in [-0.25, -0.2) is 0 Å². The van der Waals surface area contributed by atoms with E-state index in [1.807, 2.05) is 0 Å². The number of carbonyl (C=O) groups is 1. The molecule has 2 aromatic heterocycles. The predicted molar refractivity (Wildman–Crippen MR) is 48.6 cm³/mol. The van der Waals surface area contributed by atoms with E-state index in [1.54, 1.807) is 6.07 Å². The van der Waals surface area contributed by atoms with Crippen molar-refractivity contribution in [2.45, 2.75) is 0 Å². The Bertz CT molecular complexity index is 411. The average Bonchev–Trinajstić information content (AvgIpc) is 2.72. The number of H-pyrrole nitrogens is 1. The summed E-state index contributed by atoms with van der Waals surface area (Å²) in [6, 6.07) is 1.66. The van der Waals surface area contributed by atoms with Crippen LogP contribution in [0.5, 0.6) is 0 Å². The molecule has 14 heavy (non-hydrogen) atoms. The van der Waals surface area contributed by atoms with Crippen LogP contribution in [0.3, 0.4) is 0 Å². The summed E-state index contributed by atoms with van der Waals surface area (Å²) in [6.45, 7) is 0. The number of nitrogens with zero attached hydrogens (tertiary/aromatic N) is 3. The molecule has 2 N–H and O–H groups in total. The molecule has 2 rings (SSSR count). The van der Waals surface area contributed by atoms with Crippen molar-refractivity contribution in [1.29, 1.82) is 0 Å². The zero-order valence-electron chi connectivity index (χ0n) is 7.14. The van der Waals surface area contributed by atoms with Gasteiger partial charge in [0, 0.05) is 6.20 Å². The van der Waals surface area contributed by atoms with E-state index in [0.29, 0.717) is 11.3 Å². The van der Waals surface area contributed by atoms with Gasteiger partial charge in [-0.1, -0.05) is 0 Å². The van der Waals surface area contributed by atoms with Crippen LogP contribution in [-0.4, -0.2) is 26.3 Å². The van der Waals surface area contributed by atoms with Crippen LogP contribution >= 0.6 is 0 Å². The van der Waals surface area contributed by atoms with Crippen LogP contribution in [0.2, 0.25) is 0 Å².